The maximum Gasteiger partial charge on any atom is 0.231 e. The minimum atomic E-state index is 0.254. The number of anilines is 1. The molecule has 0 atom stereocenters. The monoisotopic (exact) mass is 327 g/mol. The molecule has 0 saturated heterocycles. The van der Waals surface area contributed by atoms with Gasteiger partial charge in [0, 0.05) is 11.8 Å². The number of rotatable bonds is 5. The maximum absolute atomic E-state index is 5.89. The van der Waals surface area contributed by atoms with Crippen LogP contribution in [0.2, 0.25) is 0 Å². The Kier molecular flexibility index (Phi) is 4.74. The first-order valence-corrected chi connectivity index (χ1v) is 7.78. The molecule has 0 aromatic heterocycles. The molecule has 0 aliphatic carbocycles. The summed E-state index contributed by atoms with van der Waals surface area (Å²) in [7, 11) is 0. The summed E-state index contributed by atoms with van der Waals surface area (Å²) < 4.78 is 16.2. The molecule has 1 heterocycles. The van der Waals surface area contributed by atoms with Crippen LogP contribution in [0.1, 0.15) is 11.1 Å². The van der Waals surface area contributed by atoms with Gasteiger partial charge in [0.1, 0.15) is 12.4 Å². The van der Waals surface area contributed by atoms with Gasteiger partial charge in [-0.2, -0.15) is 0 Å². The fourth-order valence-corrected chi connectivity index (χ4v) is 2.30. The largest absolute Gasteiger partial charge is 0.492 e. The van der Waals surface area contributed by atoms with E-state index in [4.69, 9.17) is 19.9 Å². The normalized spacial score (nSPS) is 13.0. The van der Waals surface area contributed by atoms with Crippen molar-refractivity contribution in [3.63, 3.8) is 0 Å². The summed E-state index contributed by atoms with van der Waals surface area (Å²) in [5.74, 6) is 2.52. The van der Waals surface area contributed by atoms with Crippen LogP contribution in [-0.4, -0.2) is 25.9 Å². The molecule has 0 unspecified atom stereocenters. The van der Waals surface area contributed by atoms with Crippen LogP contribution in [0.25, 0.3) is 0 Å². The van der Waals surface area contributed by atoms with Crippen molar-refractivity contribution < 1.29 is 14.2 Å². The highest BCUT2D eigenvalue weighted by molar-refractivity contribution is 5.92. The number of aliphatic imine (C=N–C) groups is 1. The summed E-state index contributed by atoms with van der Waals surface area (Å²) in [5.41, 5.74) is 9.27. The summed E-state index contributed by atoms with van der Waals surface area (Å²) >= 11 is 0. The molecule has 3 N–H and O–H groups in total. The van der Waals surface area contributed by atoms with E-state index in [1.54, 1.807) is 0 Å². The number of ether oxygens (including phenoxy) is 3. The van der Waals surface area contributed by atoms with Crippen molar-refractivity contribution in [2.75, 3.05) is 25.3 Å². The van der Waals surface area contributed by atoms with Gasteiger partial charge in [0.25, 0.3) is 0 Å². The van der Waals surface area contributed by atoms with Crippen molar-refractivity contribution in [3.05, 3.63) is 47.5 Å². The molecule has 0 radical (unpaired) electrons. The van der Waals surface area contributed by atoms with Gasteiger partial charge in [-0.15, -0.1) is 0 Å². The Morgan fingerprint density at radius 3 is 2.79 bits per heavy atom. The van der Waals surface area contributed by atoms with Crippen LogP contribution in [0.5, 0.6) is 17.2 Å². The van der Waals surface area contributed by atoms with Gasteiger partial charge in [-0.1, -0.05) is 6.07 Å². The molecule has 0 fully saturated rings. The van der Waals surface area contributed by atoms with Crippen LogP contribution in [-0.2, 0) is 0 Å². The minimum absolute atomic E-state index is 0.254. The van der Waals surface area contributed by atoms with Crippen LogP contribution >= 0.6 is 0 Å². The molecular formula is C18H21N3O3. The van der Waals surface area contributed by atoms with E-state index in [1.807, 2.05) is 36.4 Å². The number of nitrogens with zero attached hydrogens (tertiary/aromatic N) is 1. The van der Waals surface area contributed by atoms with E-state index in [0.29, 0.717) is 24.9 Å². The number of nitrogens with one attached hydrogen (secondary N) is 1. The van der Waals surface area contributed by atoms with E-state index >= 15 is 0 Å². The van der Waals surface area contributed by atoms with Crippen LogP contribution < -0.4 is 25.3 Å². The Morgan fingerprint density at radius 2 is 1.96 bits per heavy atom. The van der Waals surface area contributed by atoms with Crippen molar-refractivity contribution >= 4 is 11.6 Å². The van der Waals surface area contributed by atoms with Gasteiger partial charge in [-0.3, -0.25) is 0 Å². The Labute approximate surface area is 141 Å². The summed E-state index contributed by atoms with van der Waals surface area (Å²) in [6.45, 7) is 5.27. The number of aryl methyl sites for hydroxylation is 2. The zero-order chi connectivity index (χ0) is 16.9. The Balaban J connectivity index is 1.48. The summed E-state index contributed by atoms with van der Waals surface area (Å²) in [4.78, 5) is 4.26. The number of hydrogen-bond acceptors (Lipinski definition) is 4. The van der Waals surface area contributed by atoms with E-state index in [1.165, 1.54) is 11.1 Å². The second-order valence-corrected chi connectivity index (χ2v) is 5.55. The second-order valence-electron chi connectivity index (χ2n) is 5.55. The molecule has 2 aromatic carbocycles. The van der Waals surface area contributed by atoms with Crippen LogP contribution in [0.15, 0.2) is 41.4 Å². The highest BCUT2D eigenvalue weighted by Crippen LogP contribution is 2.34. The third-order valence-electron chi connectivity index (χ3n) is 3.77. The minimum Gasteiger partial charge on any atom is -0.492 e. The molecule has 0 saturated carbocycles. The number of nitrogens with two attached hydrogens (primary N) is 1. The van der Waals surface area contributed by atoms with Crippen LogP contribution in [0, 0.1) is 13.8 Å². The molecule has 126 valence electrons. The molecule has 2 aromatic rings. The fraction of sp³-hybridized carbons (Fsp3) is 0.278. The molecule has 0 spiro atoms. The lowest BCUT2D eigenvalue weighted by molar-refractivity contribution is 0.174. The Morgan fingerprint density at radius 1 is 1.12 bits per heavy atom. The first-order chi connectivity index (χ1) is 11.6. The van der Waals surface area contributed by atoms with Gasteiger partial charge >= 0.3 is 0 Å². The summed E-state index contributed by atoms with van der Waals surface area (Å²) in [6, 6.07) is 11.6. The van der Waals surface area contributed by atoms with Gasteiger partial charge in [0.05, 0.1) is 6.54 Å². The lowest BCUT2D eigenvalue weighted by Crippen LogP contribution is -2.23. The van der Waals surface area contributed by atoms with Gasteiger partial charge in [0.15, 0.2) is 17.5 Å². The third kappa shape index (κ3) is 3.90. The fourth-order valence-electron chi connectivity index (χ4n) is 2.30. The zero-order valence-electron chi connectivity index (χ0n) is 13.8. The molecule has 1 aliphatic heterocycles. The SMILES string of the molecule is Cc1ccc(NC(N)=NCCOc2ccc3c(c2)OCO3)cc1C. The Bertz CT molecular complexity index is 759. The number of hydrogen-bond donors (Lipinski definition) is 2. The van der Waals surface area contributed by atoms with Crippen LogP contribution in [0.3, 0.4) is 0 Å². The molecule has 24 heavy (non-hydrogen) atoms. The summed E-state index contributed by atoms with van der Waals surface area (Å²) in [5, 5.41) is 3.08. The lowest BCUT2D eigenvalue weighted by Gasteiger charge is -2.09. The predicted molar refractivity (Wildman–Crippen MR) is 94.1 cm³/mol. The number of benzene rings is 2. The average molecular weight is 327 g/mol. The lowest BCUT2D eigenvalue weighted by atomic mass is 10.1. The Hall–Kier alpha value is -2.89. The first-order valence-electron chi connectivity index (χ1n) is 7.78. The van der Waals surface area contributed by atoms with Crippen molar-refractivity contribution in [3.8, 4) is 17.2 Å². The molecule has 3 rings (SSSR count). The second kappa shape index (κ2) is 7.12. The zero-order valence-corrected chi connectivity index (χ0v) is 13.8. The van der Waals surface area contributed by atoms with Gasteiger partial charge < -0.3 is 25.3 Å². The number of guanidine groups is 1. The number of fused-ring (bicyclic) bond motifs is 1. The molecule has 0 bridgehead atoms. The standard InChI is InChI=1S/C18H21N3O3/c1-12-3-4-14(9-13(12)2)21-18(19)20-7-8-22-15-5-6-16-17(10-15)24-11-23-16/h3-6,9-10H,7-8,11H2,1-2H3,(H3,19,20,21). The van der Waals surface area contributed by atoms with Crippen molar-refractivity contribution in [2.45, 2.75) is 13.8 Å². The van der Waals surface area contributed by atoms with Gasteiger partial charge in [-0.25, -0.2) is 4.99 Å². The van der Waals surface area contributed by atoms with Crippen LogP contribution in [0.4, 0.5) is 5.69 Å². The van der Waals surface area contributed by atoms with Gasteiger partial charge in [-0.05, 0) is 49.2 Å². The maximum atomic E-state index is 5.89. The van der Waals surface area contributed by atoms with Gasteiger partial charge in [0.2, 0.25) is 6.79 Å². The first kappa shape index (κ1) is 16.0. The van der Waals surface area contributed by atoms with E-state index < -0.39 is 0 Å². The quantitative estimate of drug-likeness (QED) is 0.501. The smallest absolute Gasteiger partial charge is 0.231 e. The molecular weight excluding hydrogens is 306 g/mol. The summed E-state index contributed by atoms with van der Waals surface area (Å²) in [6.07, 6.45) is 0. The van der Waals surface area contributed by atoms with E-state index in [-0.39, 0.29) is 6.79 Å². The third-order valence-corrected chi connectivity index (χ3v) is 3.77. The highest BCUT2D eigenvalue weighted by Gasteiger charge is 2.13. The highest BCUT2D eigenvalue weighted by atomic mass is 16.7. The molecule has 6 nitrogen and oxygen atoms in total. The average Bonchev–Trinajstić information content (AvgIpc) is 3.03. The molecule has 1 aliphatic rings. The predicted octanol–water partition coefficient (Wildman–Crippen LogP) is 2.84. The topological polar surface area (TPSA) is 78.1 Å². The van der Waals surface area contributed by atoms with E-state index in [0.717, 1.165) is 17.2 Å². The van der Waals surface area contributed by atoms with Crippen molar-refractivity contribution in [1.29, 1.82) is 0 Å². The molecule has 0 amide bonds. The van der Waals surface area contributed by atoms with Crippen molar-refractivity contribution in [1.82, 2.24) is 0 Å². The van der Waals surface area contributed by atoms with Crippen molar-refractivity contribution in [2.24, 2.45) is 10.7 Å². The molecule has 6 heteroatoms. The van der Waals surface area contributed by atoms with E-state index in [2.05, 4.69) is 24.2 Å². The van der Waals surface area contributed by atoms with E-state index in [9.17, 15) is 0 Å².